The number of nitrogens with zero attached hydrogens (tertiary/aromatic N) is 1. The van der Waals surface area contributed by atoms with Crippen LogP contribution in [0.25, 0.3) is 0 Å². The molecule has 1 rings (SSSR count). The molecule has 76 valence electrons. The molecule has 1 heterocycles. The van der Waals surface area contributed by atoms with E-state index in [1.165, 1.54) is 24.2 Å². The van der Waals surface area contributed by atoms with E-state index in [4.69, 9.17) is 6.42 Å². The first-order valence-electron chi connectivity index (χ1n) is 4.22. The number of rotatable bonds is 2. The molecule has 1 aliphatic heterocycles. The predicted octanol–water partition coefficient (Wildman–Crippen LogP) is 0.263. The van der Waals surface area contributed by atoms with Crippen LogP contribution in [0.15, 0.2) is 23.5 Å². The number of carbonyl (C=O) groups excluding carboxylic acids is 3. The summed E-state index contributed by atoms with van der Waals surface area (Å²) in [6, 6.07) is 0. The van der Waals surface area contributed by atoms with Crippen molar-refractivity contribution in [1.29, 1.82) is 0 Å². The van der Waals surface area contributed by atoms with Crippen molar-refractivity contribution in [1.82, 2.24) is 4.90 Å². The minimum Gasteiger partial charge on any atom is -0.298 e. The second-order valence-corrected chi connectivity index (χ2v) is 3.02. The van der Waals surface area contributed by atoms with Gasteiger partial charge in [-0.2, -0.15) is 0 Å². The van der Waals surface area contributed by atoms with Crippen LogP contribution in [-0.2, 0) is 14.4 Å². The zero-order valence-corrected chi connectivity index (χ0v) is 8.14. The Kier molecular flexibility index (Phi) is 3.19. The molecule has 0 radical (unpaired) electrons. The fourth-order valence-electron chi connectivity index (χ4n) is 1.27. The zero-order valence-electron chi connectivity index (χ0n) is 8.14. The van der Waals surface area contributed by atoms with Crippen molar-refractivity contribution >= 4 is 18.5 Å². The molecule has 4 nitrogen and oxygen atoms in total. The topological polar surface area (TPSA) is 54.5 Å². The average molecular weight is 203 g/mol. The summed E-state index contributed by atoms with van der Waals surface area (Å²) in [5, 5.41) is 0. The Morgan fingerprint density at radius 1 is 1.40 bits per heavy atom. The van der Waals surface area contributed by atoms with Crippen molar-refractivity contribution < 1.29 is 14.4 Å². The van der Waals surface area contributed by atoms with Gasteiger partial charge in [-0.3, -0.25) is 19.3 Å². The van der Waals surface area contributed by atoms with Crippen molar-refractivity contribution in [3.8, 4) is 12.3 Å². The van der Waals surface area contributed by atoms with E-state index in [9.17, 15) is 14.4 Å². The van der Waals surface area contributed by atoms with E-state index in [-0.39, 0.29) is 17.1 Å². The average Bonchev–Trinajstić information content (AvgIpc) is 2.26. The second-order valence-electron chi connectivity index (χ2n) is 3.02. The lowest BCUT2D eigenvalue weighted by Gasteiger charge is -2.22. The van der Waals surface area contributed by atoms with Gasteiger partial charge < -0.3 is 0 Å². The van der Waals surface area contributed by atoms with Gasteiger partial charge in [0.25, 0.3) is 0 Å². The molecule has 0 atom stereocenters. The van der Waals surface area contributed by atoms with Crippen LogP contribution in [0.1, 0.15) is 6.92 Å². The largest absolute Gasteiger partial charge is 0.298 e. The van der Waals surface area contributed by atoms with Crippen LogP contribution in [0, 0.1) is 18.3 Å². The lowest BCUT2D eigenvalue weighted by Crippen LogP contribution is -2.25. The number of amides is 1. The lowest BCUT2D eigenvalue weighted by atomic mass is 9.92. The lowest BCUT2D eigenvalue weighted by molar-refractivity contribution is -0.124. The number of terminal acetylenes is 1. The van der Waals surface area contributed by atoms with Crippen molar-refractivity contribution in [3.63, 3.8) is 0 Å². The summed E-state index contributed by atoms with van der Waals surface area (Å²) >= 11 is 0. The Labute approximate surface area is 87.2 Å². The third-order valence-electron chi connectivity index (χ3n) is 2.05. The van der Waals surface area contributed by atoms with Crippen LogP contribution in [-0.4, -0.2) is 23.4 Å². The molecule has 0 saturated heterocycles. The van der Waals surface area contributed by atoms with Crippen molar-refractivity contribution in [2.75, 3.05) is 0 Å². The molecule has 15 heavy (non-hydrogen) atoms. The van der Waals surface area contributed by atoms with Crippen LogP contribution in [0.4, 0.5) is 0 Å². The molecule has 0 aliphatic carbocycles. The highest BCUT2D eigenvalue weighted by molar-refractivity contribution is 5.88. The van der Waals surface area contributed by atoms with Gasteiger partial charge in [0.05, 0.1) is 5.92 Å². The minimum absolute atomic E-state index is 0.234. The van der Waals surface area contributed by atoms with E-state index in [1.807, 2.05) is 0 Å². The molecular formula is C11H9NO3. The maximum absolute atomic E-state index is 11.1. The summed E-state index contributed by atoms with van der Waals surface area (Å²) in [7, 11) is 0. The van der Waals surface area contributed by atoms with E-state index in [1.54, 1.807) is 0 Å². The van der Waals surface area contributed by atoms with Gasteiger partial charge in [-0.05, 0) is 0 Å². The molecule has 4 heteroatoms. The van der Waals surface area contributed by atoms with Crippen molar-refractivity contribution in [3.05, 3.63) is 23.5 Å². The van der Waals surface area contributed by atoms with Gasteiger partial charge in [0.1, 0.15) is 12.6 Å². The van der Waals surface area contributed by atoms with Crippen LogP contribution in [0.2, 0.25) is 0 Å². The third kappa shape index (κ3) is 2.02. The first-order valence-corrected chi connectivity index (χ1v) is 4.22. The number of hydrogen-bond acceptors (Lipinski definition) is 3. The SMILES string of the molecule is C#CC1C(C=O)=CN(C(C)=O)C=C1C=O. The zero-order chi connectivity index (χ0) is 11.4. The number of allylic oxidation sites excluding steroid dienone is 2. The highest BCUT2D eigenvalue weighted by Crippen LogP contribution is 2.23. The Morgan fingerprint density at radius 2 is 1.87 bits per heavy atom. The summed E-state index contributed by atoms with van der Waals surface area (Å²) in [4.78, 5) is 33.7. The summed E-state index contributed by atoms with van der Waals surface area (Å²) in [5.41, 5.74) is 0.467. The van der Waals surface area contributed by atoms with Crippen molar-refractivity contribution in [2.24, 2.45) is 5.92 Å². The standard InChI is InChI=1S/C11H9NO3/c1-3-11-9(6-13)4-12(8(2)15)5-10(11)7-14/h1,4-7,11H,2H3. The van der Waals surface area contributed by atoms with E-state index < -0.39 is 5.92 Å². The predicted molar refractivity (Wildman–Crippen MR) is 53.1 cm³/mol. The fraction of sp³-hybridized carbons (Fsp3) is 0.182. The van der Waals surface area contributed by atoms with Gasteiger partial charge in [-0.15, -0.1) is 6.42 Å². The molecule has 1 aliphatic rings. The van der Waals surface area contributed by atoms with E-state index in [0.717, 1.165) is 0 Å². The molecule has 1 amide bonds. The molecule has 0 N–H and O–H groups in total. The Hall–Kier alpha value is -2.15. The first-order chi connectivity index (χ1) is 7.13. The van der Waals surface area contributed by atoms with E-state index in [2.05, 4.69) is 5.92 Å². The Balaban J connectivity index is 3.18. The number of carbonyl (C=O) groups is 3. The van der Waals surface area contributed by atoms with E-state index in [0.29, 0.717) is 12.6 Å². The summed E-state index contributed by atoms with van der Waals surface area (Å²) in [6.07, 6.45) is 8.99. The van der Waals surface area contributed by atoms with Gasteiger partial charge in [0.15, 0.2) is 0 Å². The van der Waals surface area contributed by atoms with Gasteiger partial charge in [-0.1, -0.05) is 5.92 Å². The Morgan fingerprint density at radius 3 is 2.13 bits per heavy atom. The van der Waals surface area contributed by atoms with Gasteiger partial charge in [0.2, 0.25) is 5.91 Å². The van der Waals surface area contributed by atoms with Crippen LogP contribution in [0.5, 0.6) is 0 Å². The number of hydrogen-bond donors (Lipinski definition) is 0. The molecular weight excluding hydrogens is 194 g/mol. The van der Waals surface area contributed by atoms with Crippen LogP contribution >= 0.6 is 0 Å². The van der Waals surface area contributed by atoms with Gasteiger partial charge in [-0.25, -0.2) is 0 Å². The Bertz CT molecular complexity index is 386. The van der Waals surface area contributed by atoms with Gasteiger partial charge >= 0.3 is 0 Å². The molecule has 0 aromatic rings. The smallest absolute Gasteiger partial charge is 0.227 e. The fourth-order valence-corrected chi connectivity index (χ4v) is 1.27. The quantitative estimate of drug-likeness (QED) is 0.478. The molecule has 0 fully saturated rings. The highest BCUT2D eigenvalue weighted by Gasteiger charge is 2.23. The maximum atomic E-state index is 11.1. The van der Waals surface area contributed by atoms with Crippen LogP contribution < -0.4 is 0 Å². The first kappa shape index (κ1) is 10.9. The molecule has 0 unspecified atom stereocenters. The monoisotopic (exact) mass is 203 g/mol. The molecule has 0 aromatic carbocycles. The molecule has 0 spiro atoms. The number of aldehydes is 2. The molecule has 0 saturated carbocycles. The summed E-state index contributed by atoms with van der Waals surface area (Å²) in [5.74, 6) is 1.38. The van der Waals surface area contributed by atoms with E-state index >= 15 is 0 Å². The van der Waals surface area contributed by atoms with Gasteiger partial charge in [0, 0.05) is 30.5 Å². The summed E-state index contributed by atoms with van der Waals surface area (Å²) < 4.78 is 0. The van der Waals surface area contributed by atoms with Crippen LogP contribution in [0.3, 0.4) is 0 Å². The normalized spacial score (nSPS) is 16.1. The minimum atomic E-state index is -0.657. The summed E-state index contributed by atoms with van der Waals surface area (Å²) in [6.45, 7) is 1.33. The molecule has 0 aromatic heterocycles. The highest BCUT2D eigenvalue weighted by atomic mass is 16.2. The second kappa shape index (κ2) is 4.38. The molecule has 0 bridgehead atoms. The maximum Gasteiger partial charge on any atom is 0.227 e. The third-order valence-corrected chi connectivity index (χ3v) is 2.05. The van der Waals surface area contributed by atoms with Crippen molar-refractivity contribution in [2.45, 2.75) is 6.92 Å².